The second-order valence-electron chi connectivity index (χ2n) is 3.76. The summed E-state index contributed by atoms with van der Waals surface area (Å²) in [5.41, 5.74) is -0.199. The number of hydrogen-bond donors (Lipinski definition) is 0. The Morgan fingerprint density at radius 3 is 2.46 bits per heavy atom. The molecule has 0 aromatic heterocycles. The average molecular weight is 176 g/mol. The van der Waals surface area contributed by atoms with Crippen molar-refractivity contribution in [3.8, 4) is 5.75 Å². The Morgan fingerprint density at radius 2 is 1.92 bits per heavy atom. The summed E-state index contributed by atoms with van der Waals surface area (Å²) in [6, 6.07) is 9.21. The van der Waals surface area contributed by atoms with Gasteiger partial charge in [-0.2, -0.15) is 0 Å². The quantitative estimate of drug-likeness (QED) is 0.511. The van der Waals surface area contributed by atoms with Crippen molar-refractivity contribution < 1.29 is 9.53 Å². The van der Waals surface area contributed by atoms with Crippen molar-refractivity contribution in [2.24, 2.45) is 5.41 Å². The summed E-state index contributed by atoms with van der Waals surface area (Å²) in [4.78, 5) is 11.5. The molecular formula is C11H12O2. The summed E-state index contributed by atoms with van der Waals surface area (Å²) in [6.45, 7) is 1.94. The molecule has 0 saturated heterocycles. The summed E-state index contributed by atoms with van der Waals surface area (Å²) < 4.78 is 5.20. The Bertz CT molecular complexity index is 312. The van der Waals surface area contributed by atoms with Crippen molar-refractivity contribution in [1.29, 1.82) is 0 Å². The van der Waals surface area contributed by atoms with Gasteiger partial charge in [0.15, 0.2) is 0 Å². The third kappa shape index (κ3) is 1.72. The van der Waals surface area contributed by atoms with Crippen LogP contribution in [0, 0.1) is 5.41 Å². The summed E-state index contributed by atoms with van der Waals surface area (Å²) in [5, 5.41) is 0. The first-order chi connectivity index (χ1) is 6.21. The summed E-state index contributed by atoms with van der Waals surface area (Å²) in [7, 11) is 0. The van der Waals surface area contributed by atoms with Crippen LogP contribution in [0.4, 0.5) is 0 Å². The standard InChI is InChI=1S/C11H12O2/c1-11(7-8-11)10(12)13-9-5-3-2-4-6-9/h2-6H,7-8H2,1H3. The normalized spacial score (nSPS) is 17.9. The second-order valence-corrected chi connectivity index (χ2v) is 3.76. The number of ether oxygens (including phenoxy) is 1. The molecule has 2 nitrogen and oxygen atoms in total. The molecule has 1 fully saturated rings. The number of para-hydroxylation sites is 1. The monoisotopic (exact) mass is 176 g/mol. The molecule has 0 N–H and O–H groups in total. The second kappa shape index (κ2) is 2.87. The van der Waals surface area contributed by atoms with Crippen molar-refractivity contribution in [2.45, 2.75) is 19.8 Å². The first-order valence-corrected chi connectivity index (χ1v) is 4.48. The van der Waals surface area contributed by atoms with E-state index in [1.54, 1.807) is 12.1 Å². The van der Waals surface area contributed by atoms with E-state index >= 15 is 0 Å². The van der Waals surface area contributed by atoms with Crippen molar-refractivity contribution in [3.63, 3.8) is 0 Å². The van der Waals surface area contributed by atoms with Gasteiger partial charge in [-0.25, -0.2) is 0 Å². The van der Waals surface area contributed by atoms with Crippen molar-refractivity contribution in [1.82, 2.24) is 0 Å². The number of carbonyl (C=O) groups excluding carboxylic acids is 1. The molecule has 2 heteroatoms. The van der Waals surface area contributed by atoms with Gasteiger partial charge >= 0.3 is 5.97 Å². The summed E-state index contributed by atoms with van der Waals surface area (Å²) in [5.74, 6) is 0.541. The summed E-state index contributed by atoms with van der Waals surface area (Å²) in [6.07, 6.45) is 1.91. The molecule has 0 aliphatic heterocycles. The van der Waals surface area contributed by atoms with Crippen molar-refractivity contribution in [3.05, 3.63) is 30.3 Å². The number of benzene rings is 1. The molecule has 13 heavy (non-hydrogen) atoms. The highest BCUT2D eigenvalue weighted by Crippen LogP contribution is 2.45. The SMILES string of the molecule is CC1(C(=O)Oc2ccccc2)CC1. The van der Waals surface area contributed by atoms with E-state index in [0.717, 1.165) is 12.8 Å². The first kappa shape index (κ1) is 8.30. The largest absolute Gasteiger partial charge is 0.426 e. The lowest BCUT2D eigenvalue weighted by molar-refractivity contribution is -0.139. The molecule has 0 bridgehead atoms. The zero-order valence-electron chi connectivity index (χ0n) is 7.62. The number of carbonyl (C=O) groups is 1. The average Bonchev–Trinajstić information content (AvgIpc) is 2.87. The van der Waals surface area contributed by atoms with Gasteiger partial charge in [-0.1, -0.05) is 18.2 Å². The van der Waals surface area contributed by atoms with Crippen LogP contribution in [0.5, 0.6) is 5.75 Å². The molecule has 0 spiro atoms. The molecule has 0 heterocycles. The van der Waals surface area contributed by atoms with Gasteiger partial charge in [-0.05, 0) is 31.9 Å². The van der Waals surface area contributed by atoms with E-state index in [1.807, 2.05) is 25.1 Å². The maximum absolute atomic E-state index is 11.5. The minimum atomic E-state index is -0.199. The van der Waals surface area contributed by atoms with Gasteiger partial charge in [0, 0.05) is 0 Å². The van der Waals surface area contributed by atoms with E-state index < -0.39 is 0 Å². The topological polar surface area (TPSA) is 26.3 Å². The third-order valence-electron chi connectivity index (χ3n) is 2.45. The van der Waals surface area contributed by atoms with E-state index in [9.17, 15) is 4.79 Å². The van der Waals surface area contributed by atoms with Crippen molar-refractivity contribution in [2.75, 3.05) is 0 Å². The molecule has 0 radical (unpaired) electrons. The summed E-state index contributed by atoms with van der Waals surface area (Å²) >= 11 is 0. The molecule has 1 aliphatic rings. The van der Waals surface area contributed by atoms with Crippen LogP contribution in [0.15, 0.2) is 30.3 Å². The lowest BCUT2D eigenvalue weighted by atomic mass is 10.1. The highest BCUT2D eigenvalue weighted by molar-refractivity contribution is 5.81. The van der Waals surface area contributed by atoms with Gasteiger partial charge in [-0.3, -0.25) is 4.79 Å². The lowest BCUT2D eigenvalue weighted by Gasteiger charge is -2.07. The first-order valence-electron chi connectivity index (χ1n) is 4.48. The maximum Gasteiger partial charge on any atom is 0.317 e. The molecule has 2 rings (SSSR count). The van der Waals surface area contributed by atoms with Crippen LogP contribution < -0.4 is 4.74 Å². The molecule has 0 unspecified atom stereocenters. The molecule has 1 aromatic rings. The van der Waals surface area contributed by atoms with Crippen molar-refractivity contribution >= 4 is 5.97 Å². The fourth-order valence-corrected chi connectivity index (χ4v) is 1.11. The van der Waals surface area contributed by atoms with Crippen LogP contribution in [0.3, 0.4) is 0 Å². The van der Waals surface area contributed by atoms with Crippen LogP contribution in [0.25, 0.3) is 0 Å². The molecule has 1 aromatic carbocycles. The highest BCUT2D eigenvalue weighted by atomic mass is 16.5. The Hall–Kier alpha value is -1.31. The molecule has 1 aliphatic carbocycles. The minimum Gasteiger partial charge on any atom is -0.426 e. The van der Waals surface area contributed by atoms with Crippen LogP contribution in [-0.4, -0.2) is 5.97 Å². The van der Waals surface area contributed by atoms with Crippen LogP contribution in [0.1, 0.15) is 19.8 Å². The Kier molecular flexibility index (Phi) is 1.83. The van der Waals surface area contributed by atoms with Gasteiger partial charge in [0.05, 0.1) is 5.41 Å². The number of rotatable bonds is 2. The Balaban J connectivity index is 2.03. The zero-order chi connectivity index (χ0) is 9.31. The smallest absolute Gasteiger partial charge is 0.317 e. The van der Waals surface area contributed by atoms with Crippen LogP contribution in [0.2, 0.25) is 0 Å². The number of esters is 1. The molecule has 0 amide bonds. The van der Waals surface area contributed by atoms with Gasteiger partial charge in [0.2, 0.25) is 0 Å². The van der Waals surface area contributed by atoms with E-state index in [2.05, 4.69) is 0 Å². The molecule has 0 atom stereocenters. The van der Waals surface area contributed by atoms with E-state index in [0.29, 0.717) is 5.75 Å². The third-order valence-corrected chi connectivity index (χ3v) is 2.45. The van der Waals surface area contributed by atoms with E-state index in [4.69, 9.17) is 4.74 Å². The zero-order valence-corrected chi connectivity index (χ0v) is 7.62. The Labute approximate surface area is 77.5 Å². The maximum atomic E-state index is 11.5. The van der Waals surface area contributed by atoms with Gasteiger partial charge in [-0.15, -0.1) is 0 Å². The van der Waals surface area contributed by atoms with E-state index in [1.165, 1.54) is 0 Å². The van der Waals surface area contributed by atoms with Crippen LogP contribution >= 0.6 is 0 Å². The fourth-order valence-electron chi connectivity index (χ4n) is 1.11. The van der Waals surface area contributed by atoms with Crippen LogP contribution in [-0.2, 0) is 4.79 Å². The predicted molar refractivity (Wildman–Crippen MR) is 49.4 cm³/mol. The fraction of sp³-hybridized carbons (Fsp3) is 0.364. The van der Waals surface area contributed by atoms with Gasteiger partial charge < -0.3 is 4.74 Å². The van der Waals surface area contributed by atoms with Gasteiger partial charge in [0.25, 0.3) is 0 Å². The molecule has 1 saturated carbocycles. The Morgan fingerprint density at radius 1 is 1.31 bits per heavy atom. The predicted octanol–water partition coefficient (Wildman–Crippen LogP) is 2.39. The van der Waals surface area contributed by atoms with Gasteiger partial charge in [0.1, 0.15) is 5.75 Å². The highest BCUT2D eigenvalue weighted by Gasteiger charge is 2.46. The molecular weight excluding hydrogens is 164 g/mol. The number of hydrogen-bond acceptors (Lipinski definition) is 2. The minimum absolute atomic E-state index is 0.0984. The lowest BCUT2D eigenvalue weighted by Crippen LogP contribution is -2.18. The van der Waals surface area contributed by atoms with E-state index in [-0.39, 0.29) is 11.4 Å². The molecule has 68 valence electrons.